The maximum absolute atomic E-state index is 13.2. The van der Waals surface area contributed by atoms with Gasteiger partial charge in [-0.1, -0.05) is 0 Å². The van der Waals surface area contributed by atoms with E-state index in [9.17, 15) is 26.4 Å². The summed E-state index contributed by atoms with van der Waals surface area (Å²) in [5.41, 5.74) is -1.81. The highest BCUT2D eigenvalue weighted by molar-refractivity contribution is 7.89. The number of sulfonamides is 1. The molecule has 0 aliphatic carbocycles. The van der Waals surface area contributed by atoms with Crippen LogP contribution in [0.1, 0.15) is 30.4 Å². The zero-order valence-electron chi connectivity index (χ0n) is 12.2. The van der Waals surface area contributed by atoms with Crippen LogP contribution in [-0.4, -0.2) is 36.4 Å². The van der Waals surface area contributed by atoms with Crippen LogP contribution >= 0.6 is 0 Å². The Bertz CT molecular complexity index is 799. The molecule has 1 unspecified atom stereocenters. The molecule has 1 fully saturated rings. The van der Waals surface area contributed by atoms with Crippen molar-refractivity contribution in [1.29, 1.82) is 5.26 Å². The molecule has 6 nitrogen and oxygen atoms in total. The lowest BCUT2D eigenvalue weighted by Crippen LogP contribution is -2.48. The van der Waals surface area contributed by atoms with Crippen LogP contribution in [0.4, 0.5) is 13.2 Å². The fraction of sp³-hybridized carbons (Fsp3) is 0.429. The Kier molecular flexibility index (Phi) is 4.87. The Hall–Kier alpha value is -2.12. The number of hydrogen-bond acceptors (Lipinski definition) is 4. The van der Waals surface area contributed by atoms with E-state index in [2.05, 4.69) is 0 Å². The fourth-order valence-corrected chi connectivity index (χ4v) is 4.46. The summed E-state index contributed by atoms with van der Waals surface area (Å²) >= 11 is 0. The molecule has 0 spiro atoms. The lowest BCUT2D eigenvalue weighted by molar-refractivity contribution is -0.142. The minimum atomic E-state index is -5.00. The summed E-state index contributed by atoms with van der Waals surface area (Å²) in [6.07, 6.45) is -4.13. The molecule has 24 heavy (non-hydrogen) atoms. The molecule has 0 bridgehead atoms. The van der Waals surface area contributed by atoms with Gasteiger partial charge in [-0.15, -0.1) is 0 Å². The second-order valence-electron chi connectivity index (χ2n) is 5.29. The third kappa shape index (κ3) is 3.37. The van der Waals surface area contributed by atoms with E-state index < -0.39 is 38.7 Å². The van der Waals surface area contributed by atoms with Gasteiger partial charge < -0.3 is 5.11 Å². The van der Waals surface area contributed by atoms with Crippen LogP contribution in [-0.2, 0) is 21.0 Å². The number of aliphatic carboxylic acids is 1. The van der Waals surface area contributed by atoms with Crippen molar-refractivity contribution < 1.29 is 31.5 Å². The molecule has 0 amide bonds. The molecule has 1 aliphatic heterocycles. The Morgan fingerprint density at radius 3 is 2.54 bits per heavy atom. The molecule has 130 valence electrons. The molecule has 1 aliphatic rings. The molecule has 10 heteroatoms. The highest BCUT2D eigenvalue weighted by Crippen LogP contribution is 2.37. The first-order valence-corrected chi connectivity index (χ1v) is 8.39. The molecule has 1 atom stereocenters. The second kappa shape index (κ2) is 6.41. The predicted molar refractivity (Wildman–Crippen MR) is 75.3 cm³/mol. The van der Waals surface area contributed by atoms with Gasteiger partial charge in [0.05, 0.1) is 22.1 Å². The third-order valence-corrected chi connectivity index (χ3v) is 5.71. The normalized spacial score (nSPS) is 19.7. The number of rotatable bonds is 3. The molecule has 0 aromatic heterocycles. The van der Waals surface area contributed by atoms with Crippen LogP contribution in [0.3, 0.4) is 0 Å². The lowest BCUT2D eigenvalue weighted by atomic mass is 10.1. The van der Waals surface area contributed by atoms with Crippen LogP contribution < -0.4 is 0 Å². The van der Waals surface area contributed by atoms with Crippen molar-refractivity contribution in [3.63, 3.8) is 0 Å². The molecular weight excluding hydrogens is 349 g/mol. The van der Waals surface area contributed by atoms with E-state index in [0.29, 0.717) is 29.3 Å². The number of nitriles is 1. The highest BCUT2D eigenvalue weighted by Gasteiger charge is 2.43. The first-order valence-electron chi connectivity index (χ1n) is 6.95. The smallest absolute Gasteiger partial charge is 0.417 e. The maximum atomic E-state index is 13.2. The third-order valence-electron chi connectivity index (χ3n) is 3.74. The summed E-state index contributed by atoms with van der Waals surface area (Å²) in [5.74, 6) is -1.40. The first kappa shape index (κ1) is 18.2. The number of halogens is 3. The van der Waals surface area contributed by atoms with Crippen molar-refractivity contribution in [3.8, 4) is 6.07 Å². The molecule has 1 aromatic carbocycles. The van der Waals surface area contributed by atoms with Gasteiger partial charge in [0, 0.05) is 6.54 Å². The monoisotopic (exact) mass is 362 g/mol. The van der Waals surface area contributed by atoms with Gasteiger partial charge in [-0.2, -0.15) is 22.7 Å². The Labute approximate surface area is 136 Å². The zero-order chi connectivity index (χ0) is 18.1. The van der Waals surface area contributed by atoms with Crippen molar-refractivity contribution in [2.75, 3.05) is 6.54 Å². The Morgan fingerprint density at radius 2 is 2.00 bits per heavy atom. The number of piperidine rings is 1. The van der Waals surface area contributed by atoms with Crippen LogP contribution in [0.2, 0.25) is 0 Å². The number of hydrogen-bond donors (Lipinski definition) is 1. The Balaban J connectivity index is 2.61. The summed E-state index contributed by atoms with van der Waals surface area (Å²) < 4.78 is 65.5. The van der Waals surface area contributed by atoms with Gasteiger partial charge >= 0.3 is 12.1 Å². The number of nitrogens with zero attached hydrogens (tertiary/aromatic N) is 2. The number of carboxylic acid groups (broad SMARTS) is 1. The van der Waals surface area contributed by atoms with Gasteiger partial charge in [0.2, 0.25) is 10.0 Å². The summed E-state index contributed by atoms with van der Waals surface area (Å²) in [6.45, 7) is -0.170. The molecule has 1 aromatic rings. The molecule has 0 radical (unpaired) electrons. The van der Waals surface area contributed by atoms with E-state index in [1.165, 1.54) is 6.07 Å². The zero-order valence-corrected chi connectivity index (χ0v) is 13.1. The van der Waals surface area contributed by atoms with Crippen LogP contribution in [0.5, 0.6) is 0 Å². The van der Waals surface area contributed by atoms with E-state index in [1.54, 1.807) is 0 Å². The summed E-state index contributed by atoms with van der Waals surface area (Å²) in [7, 11) is -4.67. The quantitative estimate of drug-likeness (QED) is 0.889. The number of carbonyl (C=O) groups is 1. The van der Waals surface area contributed by atoms with Gasteiger partial charge in [-0.3, -0.25) is 4.79 Å². The van der Waals surface area contributed by atoms with Crippen molar-refractivity contribution in [2.45, 2.75) is 36.4 Å². The highest BCUT2D eigenvalue weighted by atomic mass is 32.2. The number of benzene rings is 1. The molecule has 1 heterocycles. The molecule has 0 saturated carbocycles. The van der Waals surface area contributed by atoms with Gasteiger partial charge in [0.25, 0.3) is 0 Å². The molecule has 1 saturated heterocycles. The lowest BCUT2D eigenvalue weighted by Gasteiger charge is -2.32. The Morgan fingerprint density at radius 1 is 1.33 bits per heavy atom. The van der Waals surface area contributed by atoms with Crippen molar-refractivity contribution in [3.05, 3.63) is 29.3 Å². The van der Waals surface area contributed by atoms with E-state index in [0.717, 1.165) is 6.07 Å². The minimum Gasteiger partial charge on any atom is -0.480 e. The summed E-state index contributed by atoms with van der Waals surface area (Å²) in [6, 6.07) is 2.23. The van der Waals surface area contributed by atoms with Crippen LogP contribution in [0.25, 0.3) is 0 Å². The summed E-state index contributed by atoms with van der Waals surface area (Å²) in [4.78, 5) is 10.2. The van der Waals surface area contributed by atoms with Gasteiger partial charge in [0.1, 0.15) is 6.04 Å². The topological polar surface area (TPSA) is 98.5 Å². The predicted octanol–water partition coefficient (Wildman–Crippen LogP) is 2.20. The van der Waals surface area contributed by atoms with Gasteiger partial charge in [-0.05, 0) is 37.5 Å². The van der Waals surface area contributed by atoms with Crippen molar-refractivity contribution in [2.24, 2.45) is 0 Å². The van der Waals surface area contributed by atoms with Gasteiger partial charge in [-0.25, -0.2) is 8.42 Å². The van der Waals surface area contributed by atoms with E-state index in [-0.39, 0.29) is 18.5 Å². The largest absolute Gasteiger partial charge is 0.480 e. The average Bonchev–Trinajstić information content (AvgIpc) is 2.53. The van der Waals surface area contributed by atoms with E-state index in [4.69, 9.17) is 10.4 Å². The van der Waals surface area contributed by atoms with Gasteiger partial charge in [0.15, 0.2) is 0 Å². The fourth-order valence-electron chi connectivity index (χ4n) is 2.61. The maximum Gasteiger partial charge on any atom is 0.417 e. The van der Waals surface area contributed by atoms with E-state index in [1.807, 2.05) is 0 Å². The van der Waals surface area contributed by atoms with E-state index >= 15 is 0 Å². The molecule has 1 N–H and O–H groups in total. The van der Waals surface area contributed by atoms with Crippen LogP contribution in [0, 0.1) is 11.3 Å². The standard InChI is InChI=1S/C14H13F3N2O4S/c15-14(16,17)10-7-9(8-18)4-5-12(10)24(22,23)19-6-2-1-3-11(19)13(20)21/h4-5,7,11H,1-3,6H2,(H,20,21). The average molecular weight is 362 g/mol. The van der Waals surface area contributed by atoms with Crippen LogP contribution in [0.15, 0.2) is 23.1 Å². The molecular formula is C14H13F3N2O4S. The number of carboxylic acids is 1. The molecule has 2 rings (SSSR count). The van der Waals surface area contributed by atoms with Crippen molar-refractivity contribution >= 4 is 16.0 Å². The number of alkyl halides is 3. The minimum absolute atomic E-state index is 0.0339. The summed E-state index contributed by atoms with van der Waals surface area (Å²) in [5, 5.41) is 17.9. The first-order chi connectivity index (χ1) is 11.1. The SMILES string of the molecule is N#Cc1ccc(S(=O)(=O)N2CCCCC2C(=O)O)c(C(F)(F)F)c1. The van der Waals surface area contributed by atoms with Crippen molar-refractivity contribution in [1.82, 2.24) is 4.31 Å². The second-order valence-corrected chi connectivity index (χ2v) is 7.15.